The van der Waals surface area contributed by atoms with Gasteiger partial charge in [-0.3, -0.25) is 4.79 Å². The van der Waals surface area contributed by atoms with E-state index in [2.05, 4.69) is 21.2 Å². The van der Waals surface area contributed by atoms with E-state index in [0.29, 0.717) is 22.7 Å². The average molecular weight is 350 g/mol. The van der Waals surface area contributed by atoms with Gasteiger partial charge in [0.1, 0.15) is 17.1 Å². The highest BCUT2D eigenvalue weighted by Gasteiger charge is 2.18. The van der Waals surface area contributed by atoms with E-state index in [1.165, 1.54) is 14.2 Å². The van der Waals surface area contributed by atoms with Crippen molar-refractivity contribution in [3.8, 4) is 11.5 Å². The molecule has 5 heteroatoms. The van der Waals surface area contributed by atoms with Crippen LogP contribution in [0.1, 0.15) is 15.9 Å². The molecule has 0 aliphatic heterocycles. The van der Waals surface area contributed by atoms with E-state index in [-0.39, 0.29) is 5.91 Å². The first-order chi connectivity index (χ1) is 10.1. The second kappa shape index (κ2) is 6.63. The van der Waals surface area contributed by atoms with Gasteiger partial charge < -0.3 is 14.8 Å². The fourth-order valence-corrected chi connectivity index (χ4v) is 2.24. The lowest BCUT2D eigenvalue weighted by Crippen LogP contribution is -2.14. The van der Waals surface area contributed by atoms with Gasteiger partial charge in [0.05, 0.1) is 14.2 Å². The molecule has 0 atom stereocenters. The fraction of sp³-hybridized carbons (Fsp3) is 0.188. The van der Waals surface area contributed by atoms with Gasteiger partial charge in [0.15, 0.2) is 0 Å². The first-order valence-corrected chi connectivity index (χ1v) is 7.14. The summed E-state index contributed by atoms with van der Waals surface area (Å²) in [5, 5.41) is 2.86. The molecule has 110 valence electrons. The molecule has 0 unspecified atom stereocenters. The van der Waals surface area contributed by atoms with Crippen LogP contribution in [-0.4, -0.2) is 20.1 Å². The van der Waals surface area contributed by atoms with Crippen LogP contribution in [0.4, 0.5) is 5.69 Å². The normalized spacial score (nSPS) is 10.1. The highest BCUT2D eigenvalue weighted by molar-refractivity contribution is 9.10. The highest BCUT2D eigenvalue weighted by atomic mass is 79.9. The number of carbonyl (C=O) groups is 1. The topological polar surface area (TPSA) is 47.6 Å². The van der Waals surface area contributed by atoms with Crippen LogP contribution in [0.5, 0.6) is 11.5 Å². The van der Waals surface area contributed by atoms with Crippen LogP contribution in [0.3, 0.4) is 0 Å². The van der Waals surface area contributed by atoms with Crippen molar-refractivity contribution in [2.45, 2.75) is 6.92 Å². The summed E-state index contributed by atoms with van der Waals surface area (Å²) in [4.78, 5) is 12.5. The summed E-state index contributed by atoms with van der Waals surface area (Å²) in [5.74, 6) is 0.674. The molecule has 0 spiro atoms. The molecule has 0 fully saturated rings. The minimum Gasteiger partial charge on any atom is -0.496 e. The van der Waals surface area contributed by atoms with Crippen LogP contribution in [-0.2, 0) is 0 Å². The molecule has 21 heavy (non-hydrogen) atoms. The zero-order valence-corrected chi connectivity index (χ0v) is 13.7. The van der Waals surface area contributed by atoms with E-state index >= 15 is 0 Å². The first kappa shape index (κ1) is 15.4. The minimum absolute atomic E-state index is 0.272. The standard InChI is InChI=1S/C16H16BrNO3/c1-10-9-11(7-8-12(10)17)18-16(19)15-13(20-2)5-4-6-14(15)21-3/h4-9H,1-3H3,(H,18,19). The van der Waals surface area contributed by atoms with Gasteiger partial charge in [-0.2, -0.15) is 0 Å². The fourth-order valence-electron chi connectivity index (χ4n) is 1.99. The van der Waals surface area contributed by atoms with Crippen LogP contribution < -0.4 is 14.8 Å². The van der Waals surface area contributed by atoms with Gasteiger partial charge >= 0.3 is 0 Å². The molecule has 0 aliphatic rings. The number of benzene rings is 2. The number of methoxy groups -OCH3 is 2. The zero-order valence-electron chi connectivity index (χ0n) is 12.1. The van der Waals surface area contributed by atoms with Gasteiger partial charge in [-0.05, 0) is 42.8 Å². The van der Waals surface area contributed by atoms with E-state index in [1.807, 2.05) is 25.1 Å². The summed E-state index contributed by atoms with van der Waals surface area (Å²) in [5.41, 5.74) is 2.14. The van der Waals surface area contributed by atoms with Crippen LogP contribution in [0, 0.1) is 6.92 Å². The van der Waals surface area contributed by atoms with E-state index in [1.54, 1.807) is 18.2 Å². The molecule has 2 rings (SSSR count). The van der Waals surface area contributed by atoms with Gasteiger partial charge in [-0.15, -0.1) is 0 Å². The lowest BCUT2D eigenvalue weighted by Gasteiger charge is -2.13. The summed E-state index contributed by atoms with van der Waals surface area (Å²) in [7, 11) is 3.05. The molecule has 0 bridgehead atoms. The van der Waals surface area contributed by atoms with Crippen molar-refractivity contribution in [1.82, 2.24) is 0 Å². The third-order valence-electron chi connectivity index (χ3n) is 3.07. The zero-order chi connectivity index (χ0) is 15.4. The first-order valence-electron chi connectivity index (χ1n) is 6.35. The van der Waals surface area contributed by atoms with Crippen molar-refractivity contribution in [3.63, 3.8) is 0 Å². The molecule has 0 radical (unpaired) electrons. The maximum absolute atomic E-state index is 12.5. The monoisotopic (exact) mass is 349 g/mol. The predicted molar refractivity (Wildman–Crippen MR) is 86.4 cm³/mol. The van der Waals surface area contributed by atoms with Crippen LogP contribution in [0.25, 0.3) is 0 Å². The molecule has 0 heterocycles. The van der Waals surface area contributed by atoms with Crippen molar-refractivity contribution in [3.05, 3.63) is 52.0 Å². The van der Waals surface area contributed by atoms with Crippen LogP contribution >= 0.6 is 15.9 Å². The Bertz CT molecular complexity index is 648. The largest absolute Gasteiger partial charge is 0.496 e. The molecule has 0 aromatic heterocycles. The number of carbonyl (C=O) groups excluding carboxylic acids is 1. The Balaban J connectivity index is 2.34. The van der Waals surface area contributed by atoms with E-state index in [0.717, 1.165) is 10.0 Å². The lowest BCUT2D eigenvalue weighted by atomic mass is 10.1. The molecule has 1 amide bonds. The number of halogens is 1. The van der Waals surface area contributed by atoms with Gasteiger partial charge in [-0.1, -0.05) is 22.0 Å². The number of rotatable bonds is 4. The maximum Gasteiger partial charge on any atom is 0.263 e. The highest BCUT2D eigenvalue weighted by Crippen LogP contribution is 2.29. The molecular weight excluding hydrogens is 334 g/mol. The van der Waals surface area contributed by atoms with Crippen LogP contribution in [0.2, 0.25) is 0 Å². The quantitative estimate of drug-likeness (QED) is 0.906. The number of nitrogens with one attached hydrogen (secondary N) is 1. The molecule has 0 saturated heterocycles. The number of aryl methyl sites for hydroxylation is 1. The third-order valence-corrected chi connectivity index (χ3v) is 3.96. The Labute approximate surface area is 132 Å². The number of anilines is 1. The summed E-state index contributed by atoms with van der Waals surface area (Å²) in [6.07, 6.45) is 0. The molecule has 0 aliphatic carbocycles. The molecule has 1 N–H and O–H groups in total. The second-order valence-corrected chi connectivity index (χ2v) is 5.31. The SMILES string of the molecule is COc1cccc(OC)c1C(=O)Nc1ccc(Br)c(C)c1. The number of amides is 1. The molecule has 4 nitrogen and oxygen atoms in total. The van der Waals surface area contributed by atoms with Gasteiger partial charge in [0, 0.05) is 10.2 Å². The molecule has 2 aromatic carbocycles. The van der Waals surface area contributed by atoms with Gasteiger partial charge in [0.25, 0.3) is 5.91 Å². The van der Waals surface area contributed by atoms with E-state index < -0.39 is 0 Å². The summed E-state index contributed by atoms with van der Waals surface area (Å²) in [6.45, 7) is 1.96. The smallest absolute Gasteiger partial charge is 0.263 e. The van der Waals surface area contributed by atoms with Crippen molar-refractivity contribution in [1.29, 1.82) is 0 Å². The van der Waals surface area contributed by atoms with Crippen LogP contribution in [0.15, 0.2) is 40.9 Å². The Morgan fingerprint density at radius 2 is 1.71 bits per heavy atom. The molecular formula is C16H16BrNO3. The van der Waals surface area contributed by atoms with Crippen molar-refractivity contribution < 1.29 is 14.3 Å². The maximum atomic E-state index is 12.5. The van der Waals surface area contributed by atoms with E-state index in [4.69, 9.17) is 9.47 Å². The van der Waals surface area contributed by atoms with E-state index in [9.17, 15) is 4.79 Å². The number of hydrogen-bond donors (Lipinski definition) is 1. The average Bonchev–Trinajstić information content (AvgIpc) is 2.49. The van der Waals surface area contributed by atoms with Gasteiger partial charge in [0.2, 0.25) is 0 Å². The predicted octanol–water partition coefficient (Wildman–Crippen LogP) is 4.03. The second-order valence-electron chi connectivity index (χ2n) is 4.46. The lowest BCUT2D eigenvalue weighted by molar-refractivity contribution is 0.102. The number of ether oxygens (including phenoxy) is 2. The summed E-state index contributed by atoms with van der Waals surface area (Å²) >= 11 is 3.43. The molecule has 0 saturated carbocycles. The Morgan fingerprint density at radius 3 is 2.24 bits per heavy atom. The third kappa shape index (κ3) is 3.36. The molecule has 2 aromatic rings. The Hall–Kier alpha value is -2.01. The minimum atomic E-state index is -0.272. The summed E-state index contributed by atoms with van der Waals surface area (Å²) in [6, 6.07) is 10.8. The van der Waals surface area contributed by atoms with Crippen molar-refractivity contribution in [2.24, 2.45) is 0 Å². The number of hydrogen-bond acceptors (Lipinski definition) is 3. The van der Waals surface area contributed by atoms with Crippen molar-refractivity contribution in [2.75, 3.05) is 19.5 Å². The van der Waals surface area contributed by atoms with Crippen molar-refractivity contribution >= 4 is 27.5 Å². The van der Waals surface area contributed by atoms with Gasteiger partial charge in [-0.25, -0.2) is 0 Å². The Kier molecular flexibility index (Phi) is 4.85. The summed E-state index contributed by atoms with van der Waals surface area (Å²) < 4.78 is 11.5. The Morgan fingerprint density at radius 1 is 1.10 bits per heavy atom.